The average Bonchev–Trinajstić information content (AvgIpc) is 2.57. The molecule has 2 aromatic rings. The van der Waals surface area contributed by atoms with Gasteiger partial charge in [0.05, 0.1) is 6.61 Å². The molecule has 2 aromatic carbocycles. The molecule has 0 spiro atoms. The Labute approximate surface area is 169 Å². The van der Waals surface area contributed by atoms with Gasteiger partial charge in [-0.3, -0.25) is 0 Å². The molecular weight excluding hydrogens is 395 g/mol. The SMILES string of the molecule is CCOC=C(C(=[NH2+])Sc1ccccc1)C(=[NH2+])Sc1ccccc1.[Cl-].[Cl-]. The molecule has 0 radical (unpaired) electrons. The lowest BCUT2D eigenvalue weighted by Crippen LogP contribution is -3.00. The first kappa shape index (κ1) is 23.6. The molecule has 0 saturated heterocycles. The van der Waals surface area contributed by atoms with Gasteiger partial charge in [0.1, 0.15) is 6.26 Å². The van der Waals surface area contributed by atoms with Crippen LogP contribution in [0.2, 0.25) is 0 Å². The summed E-state index contributed by atoms with van der Waals surface area (Å²) in [6, 6.07) is 19.9. The third-order valence-electron chi connectivity index (χ3n) is 2.84. The summed E-state index contributed by atoms with van der Waals surface area (Å²) < 4.78 is 5.42. The smallest absolute Gasteiger partial charge is 0.254 e. The highest BCUT2D eigenvalue weighted by Gasteiger charge is 2.24. The summed E-state index contributed by atoms with van der Waals surface area (Å²) in [5, 5.41) is 13.8. The number of halogens is 2. The Morgan fingerprint density at radius 2 is 1.24 bits per heavy atom. The molecule has 0 aliphatic rings. The minimum Gasteiger partial charge on any atom is -1.00 e. The van der Waals surface area contributed by atoms with Crippen LogP contribution in [0, 0.1) is 0 Å². The van der Waals surface area contributed by atoms with E-state index >= 15 is 0 Å². The standard InChI is InChI=1S/C18H18N2OS2.2ClH/c1-2-21-13-16(17(19)22-14-9-5-3-6-10-14)18(20)23-15-11-7-4-8-12-15;;/h3-13,19-20H,2H2,1H3;2*1H. The van der Waals surface area contributed by atoms with Gasteiger partial charge in [0.25, 0.3) is 10.1 Å². The maximum Gasteiger partial charge on any atom is 0.254 e. The van der Waals surface area contributed by atoms with Crippen molar-refractivity contribution in [1.29, 1.82) is 0 Å². The summed E-state index contributed by atoms with van der Waals surface area (Å²) in [4.78, 5) is 2.12. The van der Waals surface area contributed by atoms with Crippen molar-refractivity contribution in [2.75, 3.05) is 6.61 Å². The van der Waals surface area contributed by atoms with E-state index in [4.69, 9.17) is 15.6 Å². The highest BCUT2D eigenvalue weighted by Crippen LogP contribution is 2.26. The summed E-state index contributed by atoms with van der Waals surface area (Å²) in [5.41, 5.74) is 0.717. The average molecular weight is 415 g/mol. The Bertz CT molecular complexity index is 639. The predicted octanol–water partition coefficient (Wildman–Crippen LogP) is -4.19. The van der Waals surface area contributed by atoms with Crippen LogP contribution in [0.15, 0.2) is 82.3 Å². The maximum absolute atomic E-state index is 6.26. The van der Waals surface area contributed by atoms with Gasteiger partial charge in [-0.05, 0) is 54.7 Å². The largest absolute Gasteiger partial charge is 1.00 e. The topological polar surface area (TPSA) is 60.4 Å². The zero-order valence-electron chi connectivity index (χ0n) is 13.7. The second-order valence-corrected chi connectivity index (χ2v) is 6.78. The molecule has 25 heavy (non-hydrogen) atoms. The van der Waals surface area contributed by atoms with Crippen molar-refractivity contribution < 1.29 is 40.4 Å². The van der Waals surface area contributed by atoms with Crippen LogP contribution in [0.5, 0.6) is 0 Å². The van der Waals surface area contributed by atoms with Crippen molar-refractivity contribution in [3.63, 3.8) is 0 Å². The van der Waals surface area contributed by atoms with Gasteiger partial charge in [-0.1, -0.05) is 36.4 Å². The highest BCUT2D eigenvalue weighted by molar-refractivity contribution is 8.16. The molecule has 7 heteroatoms. The fourth-order valence-electron chi connectivity index (χ4n) is 1.75. The van der Waals surface area contributed by atoms with Crippen LogP contribution < -0.4 is 35.6 Å². The molecule has 134 valence electrons. The van der Waals surface area contributed by atoms with Crippen LogP contribution in [0.1, 0.15) is 6.92 Å². The maximum atomic E-state index is 6.26. The van der Waals surface area contributed by atoms with Crippen molar-refractivity contribution in [2.45, 2.75) is 16.7 Å². The monoisotopic (exact) mass is 414 g/mol. The van der Waals surface area contributed by atoms with Gasteiger partial charge >= 0.3 is 0 Å². The van der Waals surface area contributed by atoms with Gasteiger partial charge in [0.15, 0.2) is 5.57 Å². The van der Waals surface area contributed by atoms with Gasteiger partial charge in [-0.15, -0.1) is 0 Å². The normalized spacial score (nSPS) is 9.16. The second kappa shape index (κ2) is 12.9. The van der Waals surface area contributed by atoms with E-state index in [0.717, 1.165) is 15.4 Å². The second-order valence-electron chi connectivity index (χ2n) is 4.55. The Balaban J connectivity index is 0.00000288. The molecule has 0 heterocycles. The molecule has 0 atom stereocenters. The first-order valence-corrected chi connectivity index (χ1v) is 8.87. The number of benzene rings is 2. The van der Waals surface area contributed by atoms with Crippen molar-refractivity contribution in [3.05, 3.63) is 72.5 Å². The molecule has 0 unspecified atom stereocenters. The summed E-state index contributed by atoms with van der Waals surface area (Å²) in [6.07, 6.45) is 1.64. The quantitative estimate of drug-likeness (QED) is 0.218. The van der Waals surface area contributed by atoms with Crippen LogP contribution in [-0.2, 0) is 4.74 Å². The van der Waals surface area contributed by atoms with E-state index < -0.39 is 0 Å². The fourth-order valence-corrected chi connectivity index (χ4v) is 3.44. The molecule has 0 aromatic heterocycles. The van der Waals surface area contributed by atoms with Crippen LogP contribution in [0.25, 0.3) is 0 Å². The fraction of sp³-hybridized carbons (Fsp3) is 0.111. The van der Waals surface area contributed by atoms with Crippen LogP contribution in [0.4, 0.5) is 0 Å². The molecular formula is C18H20Cl2N2OS2. The zero-order valence-corrected chi connectivity index (χ0v) is 16.8. The van der Waals surface area contributed by atoms with Crippen LogP contribution in [-0.4, -0.2) is 16.7 Å². The Morgan fingerprint density at radius 1 is 0.840 bits per heavy atom. The van der Waals surface area contributed by atoms with Gasteiger partial charge in [-0.2, -0.15) is 0 Å². The van der Waals surface area contributed by atoms with Gasteiger partial charge in [0.2, 0.25) is 0 Å². The highest BCUT2D eigenvalue weighted by atomic mass is 35.5. The van der Waals surface area contributed by atoms with Crippen molar-refractivity contribution in [3.8, 4) is 0 Å². The summed E-state index contributed by atoms with van der Waals surface area (Å²) >= 11 is 2.95. The molecule has 3 nitrogen and oxygen atoms in total. The van der Waals surface area contributed by atoms with E-state index in [2.05, 4.69) is 0 Å². The summed E-state index contributed by atoms with van der Waals surface area (Å²) in [7, 11) is 0. The molecule has 4 N–H and O–H groups in total. The van der Waals surface area contributed by atoms with Crippen molar-refractivity contribution >= 4 is 33.6 Å². The number of nitrogens with two attached hydrogens (primary N) is 2. The van der Waals surface area contributed by atoms with Gasteiger partial charge in [0, 0.05) is 9.79 Å². The number of hydrogen-bond donors (Lipinski definition) is 2. The molecule has 0 bridgehead atoms. The lowest BCUT2D eigenvalue weighted by Gasteiger charge is -2.04. The summed E-state index contributed by atoms with van der Waals surface area (Å²) in [5.74, 6) is 0. The molecule has 0 saturated carbocycles. The van der Waals surface area contributed by atoms with E-state index in [-0.39, 0.29) is 24.8 Å². The number of ether oxygens (including phenoxy) is 1. The van der Waals surface area contributed by atoms with E-state index in [1.54, 1.807) is 6.26 Å². The number of rotatable bonds is 6. The molecule has 0 amide bonds. The van der Waals surface area contributed by atoms with Gasteiger partial charge in [-0.25, -0.2) is 10.8 Å². The van der Waals surface area contributed by atoms with E-state index in [1.165, 1.54) is 23.5 Å². The third-order valence-corrected chi connectivity index (χ3v) is 4.74. The lowest BCUT2D eigenvalue weighted by atomic mass is 10.3. The molecule has 0 aliphatic heterocycles. The third kappa shape index (κ3) is 8.01. The zero-order chi connectivity index (χ0) is 16.5. The van der Waals surface area contributed by atoms with Crippen molar-refractivity contribution in [1.82, 2.24) is 0 Å². The van der Waals surface area contributed by atoms with E-state index in [1.807, 2.05) is 67.6 Å². The van der Waals surface area contributed by atoms with E-state index in [0.29, 0.717) is 16.7 Å². The van der Waals surface area contributed by atoms with E-state index in [9.17, 15) is 0 Å². The van der Waals surface area contributed by atoms with Crippen molar-refractivity contribution in [2.24, 2.45) is 0 Å². The van der Waals surface area contributed by atoms with Crippen LogP contribution in [0.3, 0.4) is 0 Å². The minimum absolute atomic E-state index is 0. The predicted molar refractivity (Wildman–Crippen MR) is 98.2 cm³/mol. The Hall–Kier alpha value is -1.40. The molecule has 0 aliphatic carbocycles. The Kier molecular flexibility index (Phi) is 12.2. The minimum atomic E-state index is 0. The lowest BCUT2D eigenvalue weighted by molar-refractivity contribution is -0.113. The molecule has 0 fully saturated rings. The summed E-state index contributed by atoms with van der Waals surface area (Å²) in [6.45, 7) is 2.49. The van der Waals surface area contributed by atoms with Crippen LogP contribution >= 0.6 is 23.5 Å². The van der Waals surface area contributed by atoms with Gasteiger partial charge < -0.3 is 29.6 Å². The first-order chi connectivity index (χ1) is 11.2. The number of hydrogen-bond acceptors (Lipinski definition) is 3. The first-order valence-electron chi connectivity index (χ1n) is 7.24. The number of thioether (sulfide) groups is 2. The Morgan fingerprint density at radius 3 is 1.60 bits per heavy atom. The molecule has 2 rings (SSSR count).